The number of halogens is 1. The van der Waals surface area contributed by atoms with Gasteiger partial charge >= 0.3 is 0 Å². The van der Waals surface area contributed by atoms with Crippen LogP contribution >= 0.6 is 11.6 Å². The molecule has 0 amide bonds. The summed E-state index contributed by atoms with van der Waals surface area (Å²) in [5.74, 6) is 1.11. The molecule has 0 bridgehead atoms. The van der Waals surface area contributed by atoms with Crippen LogP contribution in [0.2, 0.25) is 5.15 Å². The van der Waals surface area contributed by atoms with Gasteiger partial charge in [-0.15, -0.1) is 0 Å². The lowest BCUT2D eigenvalue weighted by atomic mass is 10.0. The van der Waals surface area contributed by atoms with Crippen LogP contribution in [-0.2, 0) is 6.42 Å². The highest BCUT2D eigenvalue weighted by atomic mass is 35.5. The maximum atomic E-state index is 6.32. The molecule has 0 saturated heterocycles. The molecule has 0 aliphatic heterocycles. The highest BCUT2D eigenvalue weighted by molar-refractivity contribution is 6.30. The van der Waals surface area contributed by atoms with Crippen LogP contribution in [0.4, 0.5) is 0 Å². The third-order valence-corrected chi connectivity index (χ3v) is 3.47. The van der Waals surface area contributed by atoms with Gasteiger partial charge in [-0.2, -0.15) is 0 Å². The fourth-order valence-electron chi connectivity index (χ4n) is 2.07. The monoisotopic (exact) mass is 274 g/mol. The molecule has 0 atom stereocenters. The van der Waals surface area contributed by atoms with Crippen molar-refractivity contribution in [1.29, 1.82) is 0 Å². The van der Waals surface area contributed by atoms with Crippen molar-refractivity contribution in [2.75, 3.05) is 0 Å². The highest BCUT2D eigenvalue weighted by Crippen LogP contribution is 2.23. The van der Waals surface area contributed by atoms with Crippen molar-refractivity contribution in [3.05, 3.63) is 57.6 Å². The van der Waals surface area contributed by atoms with E-state index in [4.69, 9.17) is 11.6 Å². The molecule has 0 spiro atoms. The van der Waals surface area contributed by atoms with Crippen molar-refractivity contribution >= 4 is 11.6 Å². The zero-order valence-electron chi connectivity index (χ0n) is 11.9. The van der Waals surface area contributed by atoms with Gasteiger partial charge in [-0.25, -0.2) is 9.97 Å². The van der Waals surface area contributed by atoms with Gasteiger partial charge in [0.25, 0.3) is 0 Å². The molecule has 1 heterocycles. The topological polar surface area (TPSA) is 25.8 Å². The molecule has 100 valence electrons. The molecule has 0 unspecified atom stereocenters. The average molecular weight is 275 g/mol. The van der Waals surface area contributed by atoms with Gasteiger partial charge in [0.15, 0.2) is 0 Å². The second kappa shape index (κ2) is 5.70. The standard InChI is InChI=1S/C16H19ClN2/c1-10(2)16-18-12(4)14(15(17)19-16)9-13-7-5-6-11(3)8-13/h5-8,10H,9H2,1-4H3. The Kier molecular flexibility index (Phi) is 4.20. The smallest absolute Gasteiger partial charge is 0.136 e. The van der Waals surface area contributed by atoms with E-state index in [1.807, 2.05) is 6.92 Å². The first kappa shape index (κ1) is 14.0. The molecule has 19 heavy (non-hydrogen) atoms. The van der Waals surface area contributed by atoms with Crippen LogP contribution in [0.3, 0.4) is 0 Å². The van der Waals surface area contributed by atoms with Crippen molar-refractivity contribution in [2.45, 2.75) is 40.0 Å². The lowest BCUT2D eigenvalue weighted by molar-refractivity contribution is 0.760. The fraction of sp³-hybridized carbons (Fsp3) is 0.375. The largest absolute Gasteiger partial charge is 0.238 e. The van der Waals surface area contributed by atoms with Gasteiger partial charge in [0.05, 0.1) is 0 Å². The summed E-state index contributed by atoms with van der Waals surface area (Å²) in [6, 6.07) is 8.44. The summed E-state index contributed by atoms with van der Waals surface area (Å²) in [6.07, 6.45) is 0.782. The number of hydrogen-bond acceptors (Lipinski definition) is 2. The summed E-state index contributed by atoms with van der Waals surface area (Å²) in [6.45, 7) is 8.25. The van der Waals surface area contributed by atoms with E-state index in [9.17, 15) is 0 Å². The first-order valence-corrected chi connectivity index (χ1v) is 6.93. The summed E-state index contributed by atoms with van der Waals surface area (Å²) in [5.41, 5.74) is 4.50. The second-order valence-electron chi connectivity index (χ2n) is 5.26. The van der Waals surface area contributed by atoms with Gasteiger partial charge in [0.1, 0.15) is 11.0 Å². The van der Waals surface area contributed by atoms with Crippen LogP contribution in [0.25, 0.3) is 0 Å². The first-order chi connectivity index (χ1) is 8.97. The summed E-state index contributed by atoms with van der Waals surface area (Å²) in [7, 11) is 0. The van der Waals surface area contributed by atoms with E-state index in [0.717, 1.165) is 23.5 Å². The minimum absolute atomic E-state index is 0.296. The Morgan fingerprint density at radius 1 is 1.16 bits per heavy atom. The van der Waals surface area contributed by atoms with Crippen molar-refractivity contribution in [2.24, 2.45) is 0 Å². The molecule has 0 radical (unpaired) electrons. The fourth-order valence-corrected chi connectivity index (χ4v) is 2.36. The van der Waals surface area contributed by atoms with E-state index in [0.29, 0.717) is 11.1 Å². The van der Waals surface area contributed by atoms with Crippen molar-refractivity contribution in [1.82, 2.24) is 9.97 Å². The lowest BCUT2D eigenvalue weighted by Gasteiger charge is -2.11. The summed E-state index contributed by atoms with van der Waals surface area (Å²) >= 11 is 6.32. The van der Waals surface area contributed by atoms with E-state index in [1.165, 1.54) is 11.1 Å². The van der Waals surface area contributed by atoms with Crippen LogP contribution in [0, 0.1) is 13.8 Å². The predicted molar refractivity (Wildman–Crippen MR) is 79.9 cm³/mol. The van der Waals surface area contributed by atoms with Gasteiger partial charge < -0.3 is 0 Å². The van der Waals surface area contributed by atoms with E-state index in [2.05, 4.69) is 55.0 Å². The van der Waals surface area contributed by atoms with Gasteiger partial charge in [-0.1, -0.05) is 55.3 Å². The van der Waals surface area contributed by atoms with Crippen molar-refractivity contribution < 1.29 is 0 Å². The number of nitrogens with zero attached hydrogens (tertiary/aromatic N) is 2. The quantitative estimate of drug-likeness (QED) is 0.772. The molecule has 2 aromatic rings. The number of benzene rings is 1. The molecule has 1 aromatic carbocycles. The molecule has 0 aliphatic rings. The number of hydrogen-bond donors (Lipinski definition) is 0. The average Bonchev–Trinajstić information content (AvgIpc) is 2.33. The molecule has 0 aliphatic carbocycles. The Morgan fingerprint density at radius 3 is 2.47 bits per heavy atom. The third kappa shape index (κ3) is 3.32. The van der Waals surface area contributed by atoms with E-state index in [1.54, 1.807) is 0 Å². The Balaban J connectivity index is 2.35. The maximum absolute atomic E-state index is 6.32. The summed E-state index contributed by atoms with van der Waals surface area (Å²) < 4.78 is 0. The van der Waals surface area contributed by atoms with Gasteiger partial charge in [-0.05, 0) is 19.4 Å². The SMILES string of the molecule is Cc1cccc(Cc2c(C)nc(C(C)C)nc2Cl)c1. The predicted octanol–water partition coefficient (Wildman–Crippen LogP) is 4.46. The highest BCUT2D eigenvalue weighted by Gasteiger charge is 2.12. The molecule has 3 heteroatoms. The van der Waals surface area contributed by atoms with Crippen LogP contribution in [0.5, 0.6) is 0 Å². The zero-order valence-corrected chi connectivity index (χ0v) is 12.6. The minimum Gasteiger partial charge on any atom is -0.238 e. The summed E-state index contributed by atoms with van der Waals surface area (Å²) in [5, 5.41) is 0.581. The molecule has 0 fully saturated rings. The van der Waals surface area contributed by atoms with Gasteiger partial charge in [0.2, 0.25) is 0 Å². The van der Waals surface area contributed by atoms with Crippen LogP contribution in [0.1, 0.15) is 48.0 Å². The molecule has 1 aromatic heterocycles. The minimum atomic E-state index is 0.296. The van der Waals surface area contributed by atoms with E-state index >= 15 is 0 Å². The van der Waals surface area contributed by atoms with Crippen LogP contribution in [-0.4, -0.2) is 9.97 Å². The molecule has 0 saturated carbocycles. The zero-order chi connectivity index (χ0) is 14.0. The van der Waals surface area contributed by atoms with Crippen LogP contribution < -0.4 is 0 Å². The van der Waals surface area contributed by atoms with Crippen molar-refractivity contribution in [3.8, 4) is 0 Å². The van der Waals surface area contributed by atoms with Crippen LogP contribution in [0.15, 0.2) is 24.3 Å². The lowest BCUT2D eigenvalue weighted by Crippen LogP contribution is -2.05. The Morgan fingerprint density at radius 2 is 1.89 bits per heavy atom. The number of aromatic nitrogens is 2. The molecular formula is C16H19ClN2. The molecule has 2 nitrogen and oxygen atoms in total. The number of aryl methyl sites for hydroxylation is 2. The Hall–Kier alpha value is -1.41. The van der Waals surface area contributed by atoms with Crippen molar-refractivity contribution in [3.63, 3.8) is 0 Å². The molecule has 0 N–H and O–H groups in total. The third-order valence-electron chi connectivity index (χ3n) is 3.16. The first-order valence-electron chi connectivity index (χ1n) is 6.56. The maximum Gasteiger partial charge on any atom is 0.136 e. The Bertz CT molecular complexity index is 568. The number of rotatable bonds is 3. The molecular weight excluding hydrogens is 256 g/mol. The summed E-state index contributed by atoms with van der Waals surface area (Å²) in [4.78, 5) is 8.96. The van der Waals surface area contributed by atoms with E-state index in [-0.39, 0.29) is 0 Å². The normalized spacial score (nSPS) is 11.1. The van der Waals surface area contributed by atoms with Gasteiger partial charge in [-0.3, -0.25) is 0 Å². The Labute approximate surface area is 119 Å². The second-order valence-corrected chi connectivity index (χ2v) is 5.62. The van der Waals surface area contributed by atoms with E-state index < -0.39 is 0 Å². The molecule has 2 rings (SSSR count). The van der Waals surface area contributed by atoms with Gasteiger partial charge in [0, 0.05) is 23.6 Å².